The summed E-state index contributed by atoms with van der Waals surface area (Å²) in [5.41, 5.74) is -1.53. The first kappa shape index (κ1) is 19.5. The van der Waals surface area contributed by atoms with Crippen LogP contribution in [-0.4, -0.2) is 38.9 Å². The van der Waals surface area contributed by atoms with Crippen LogP contribution in [0.2, 0.25) is 6.04 Å². The molecule has 0 unspecified atom stereocenters. The van der Waals surface area contributed by atoms with E-state index in [4.69, 9.17) is 10.2 Å². The van der Waals surface area contributed by atoms with E-state index in [1.165, 1.54) is 0 Å². The molecular weight excluding hydrogens is 345 g/mol. The molecule has 0 saturated carbocycles. The van der Waals surface area contributed by atoms with Crippen LogP contribution < -0.4 is 5.32 Å². The summed E-state index contributed by atoms with van der Waals surface area (Å²) in [6.45, 7) is -1.87. The van der Waals surface area contributed by atoms with Gasteiger partial charge in [-0.2, -0.15) is 0 Å². The average molecular weight is 359 g/mol. The lowest BCUT2D eigenvalue weighted by Crippen LogP contribution is -2.28. The number of rotatable bonds is 8. The molecule has 23 heavy (non-hydrogen) atoms. The first-order valence-corrected chi connectivity index (χ1v) is 8.12. The molecule has 0 aromatic heterocycles. The lowest BCUT2D eigenvalue weighted by Gasteiger charge is -2.09. The number of aliphatic hydroxyl groups excluding tert-OH is 1. The Morgan fingerprint density at radius 3 is 2.04 bits per heavy atom. The zero-order chi connectivity index (χ0) is 17.6. The van der Waals surface area contributed by atoms with Gasteiger partial charge in [-0.25, -0.2) is 22.0 Å². The van der Waals surface area contributed by atoms with Gasteiger partial charge in [0, 0.05) is 6.54 Å². The summed E-state index contributed by atoms with van der Waals surface area (Å²) >= 11 is 0. The third kappa shape index (κ3) is 5.23. The number of hydrogen-bond acceptors (Lipinski definition) is 4. The summed E-state index contributed by atoms with van der Waals surface area (Å²) in [6, 6.07) is 0.552. The van der Waals surface area contributed by atoms with E-state index in [9.17, 15) is 26.7 Å². The van der Waals surface area contributed by atoms with Crippen molar-refractivity contribution in [1.82, 2.24) is 5.32 Å². The third-order valence-corrected chi connectivity index (χ3v) is 4.13. The molecule has 0 aliphatic carbocycles. The van der Waals surface area contributed by atoms with Gasteiger partial charge in [0.15, 0.2) is 33.0 Å². The van der Waals surface area contributed by atoms with Crippen LogP contribution in [0.15, 0.2) is 0 Å². The highest BCUT2D eigenvalue weighted by molar-refractivity contribution is 6.26. The Morgan fingerprint density at radius 2 is 1.52 bits per heavy atom. The van der Waals surface area contributed by atoms with Gasteiger partial charge in [-0.15, -0.1) is 0 Å². The zero-order valence-electron chi connectivity index (χ0n) is 11.7. The molecule has 1 rings (SSSR count). The second-order valence-electron chi connectivity index (χ2n) is 4.46. The molecule has 0 atom stereocenters. The SMILES string of the molecule is O=C(NCCCC[SiH2]OC(O)O)c1c(F)c(F)c(F)c(F)c1F. The van der Waals surface area contributed by atoms with Crippen LogP contribution in [0.5, 0.6) is 0 Å². The molecular formula is C12H14F5NO4Si. The van der Waals surface area contributed by atoms with Crippen molar-refractivity contribution in [2.45, 2.75) is 25.4 Å². The molecule has 0 saturated heterocycles. The maximum absolute atomic E-state index is 13.4. The van der Waals surface area contributed by atoms with Crippen molar-refractivity contribution in [2.75, 3.05) is 6.54 Å². The third-order valence-electron chi connectivity index (χ3n) is 2.81. The number of halogens is 5. The number of amides is 1. The van der Waals surface area contributed by atoms with Crippen LogP contribution in [0, 0.1) is 29.1 Å². The van der Waals surface area contributed by atoms with Gasteiger partial charge in [0.25, 0.3) is 12.4 Å². The quantitative estimate of drug-likeness (QED) is 0.159. The summed E-state index contributed by atoms with van der Waals surface area (Å²) < 4.78 is 70.1. The predicted molar refractivity (Wildman–Crippen MR) is 70.5 cm³/mol. The van der Waals surface area contributed by atoms with E-state index < -0.39 is 56.8 Å². The van der Waals surface area contributed by atoms with Crippen molar-refractivity contribution >= 4 is 15.7 Å². The van der Waals surface area contributed by atoms with E-state index in [0.717, 1.165) is 0 Å². The maximum Gasteiger partial charge on any atom is 0.257 e. The molecule has 130 valence electrons. The Bertz CT molecular complexity index is 544. The monoisotopic (exact) mass is 359 g/mol. The topological polar surface area (TPSA) is 78.8 Å². The van der Waals surface area contributed by atoms with Gasteiger partial charge in [0.1, 0.15) is 5.56 Å². The highest BCUT2D eigenvalue weighted by Gasteiger charge is 2.29. The largest absolute Gasteiger partial charge is 0.379 e. The van der Waals surface area contributed by atoms with Gasteiger partial charge in [0.2, 0.25) is 5.82 Å². The van der Waals surface area contributed by atoms with Gasteiger partial charge in [-0.05, 0) is 12.5 Å². The Labute approximate surface area is 130 Å². The summed E-state index contributed by atoms with van der Waals surface area (Å²) in [4.78, 5) is 11.6. The second kappa shape index (κ2) is 8.91. The van der Waals surface area contributed by atoms with Crippen LogP contribution in [0.3, 0.4) is 0 Å². The minimum absolute atomic E-state index is 0.0472. The van der Waals surface area contributed by atoms with Gasteiger partial charge in [0.05, 0.1) is 0 Å². The van der Waals surface area contributed by atoms with Crippen LogP contribution in [0.4, 0.5) is 22.0 Å². The zero-order valence-corrected chi connectivity index (χ0v) is 13.1. The smallest absolute Gasteiger partial charge is 0.257 e. The molecule has 5 nitrogen and oxygen atoms in total. The number of carbonyl (C=O) groups is 1. The summed E-state index contributed by atoms with van der Waals surface area (Å²) in [5, 5.41) is 18.9. The minimum Gasteiger partial charge on any atom is -0.379 e. The minimum atomic E-state index is -2.33. The number of carbonyl (C=O) groups excluding carboxylic acids is 1. The highest BCUT2D eigenvalue weighted by atomic mass is 28.2. The Balaban J connectivity index is 2.53. The van der Waals surface area contributed by atoms with Crippen molar-refractivity contribution in [3.63, 3.8) is 0 Å². The summed E-state index contributed by atoms with van der Waals surface area (Å²) in [5.74, 6) is -12.5. The molecule has 0 fully saturated rings. The lowest BCUT2D eigenvalue weighted by atomic mass is 10.1. The van der Waals surface area contributed by atoms with Gasteiger partial charge >= 0.3 is 0 Å². The van der Waals surface area contributed by atoms with E-state index in [2.05, 4.69) is 9.74 Å². The summed E-state index contributed by atoms with van der Waals surface area (Å²) in [6.07, 6.45) is 0.884. The highest BCUT2D eigenvalue weighted by Crippen LogP contribution is 2.22. The van der Waals surface area contributed by atoms with Crippen molar-refractivity contribution < 1.29 is 41.4 Å². The first-order chi connectivity index (χ1) is 10.8. The number of unbranched alkanes of at least 4 members (excludes halogenated alkanes) is 1. The van der Waals surface area contributed by atoms with Crippen LogP contribution in [0.25, 0.3) is 0 Å². The van der Waals surface area contributed by atoms with Gasteiger partial charge in [-0.3, -0.25) is 4.79 Å². The van der Waals surface area contributed by atoms with Gasteiger partial charge in [-0.1, -0.05) is 6.42 Å². The fourth-order valence-corrected chi connectivity index (χ4v) is 2.62. The van der Waals surface area contributed by atoms with E-state index in [0.29, 0.717) is 18.9 Å². The molecule has 1 aromatic carbocycles. The fraction of sp³-hybridized carbons (Fsp3) is 0.417. The van der Waals surface area contributed by atoms with E-state index in [1.54, 1.807) is 0 Å². The first-order valence-electron chi connectivity index (χ1n) is 6.54. The lowest BCUT2D eigenvalue weighted by molar-refractivity contribution is -0.180. The molecule has 11 heteroatoms. The van der Waals surface area contributed by atoms with E-state index in [1.807, 2.05) is 0 Å². The second-order valence-corrected chi connectivity index (χ2v) is 5.91. The normalized spacial score (nSPS) is 11.7. The number of benzene rings is 1. The predicted octanol–water partition coefficient (Wildman–Crippen LogP) is 0.679. The molecule has 0 spiro atoms. The molecule has 1 aromatic rings. The molecule has 0 heterocycles. The fourth-order valence-electron chi connectivity index (χ4n) is 1.69. The van der Waals surface area contributed by atoms with Crippen molar-refractivity contribution in [2.24, 2.45) is 0 Å². The summed E-state index contributed by atoms with van der Waals surface area (Å²) in [7, 11) is -1.14. The maximum atomic E-state index is 13.4. The Morgan fingerprint density at radius 1 is 1.00 bits per heavy atom. The van der Waals surface area contributed by atoms with E-state index in [-0.39, 0.29) is 6.54 Å². The molecule has 0 bridgehead atoms. The molecule has 1 amide bonds. The number of nitrogens with one attached hydrogen (secondary N) is 1. The molecule has 0 aliphatic heterocycles. The Kier molecular flexibility index (Phi) is 7.55. The van der Waals surface area contributed by atoms with E-state index >= 15 is 0 Å². The average Bonchev–Trinajstić information content (AvgIpc) is 2.50. The molecule has 0 aliphatic rings. The van der Waals surface area contributed by atoms with Crippen LogP contribution >= 0.6 is 0 Å². The van der Waals surface area contributed by atoms with Crippen molar-refractivity contribution in [1.29, 1.82) is 0 Å². The standard InChI is InChI=1S/C12H14F5NO4Si/c13-6-5(7(14)9(16)10(17)8(6)15)11(19)18-3-1-2-4-23-22-12(20)21/h12,20-21H,1-4,23H2,(H,18,19). The van der Waals surface area contributed by atoms with Crippen LogP contribution in [-0.2, 0) is 4.43 Å². The number of hydrogen-bond donors (Lipinski definition) is 3. The Hall–Kier alpha value is -1.56. The number of aliphatic hydroxyl groups is 2. The van der Waals surface area contributed by atoms with Crippen LogP contribution in [0.1, 0.15) is 23.2 Å². The molecule has 3 N–H and O–H groups in total. The van der Waals surface area contributed by atoms with Crippen molar-refractivity contribution in [3.8, 4) is 0 Å². The van der Waals surface area contributed by atoms with Gasteiger partial charge < -0.3 is 20.0 Å². The van der Waals surface area contributed by atoms with Crippen molar-refractivity contribution in [3.05, 3.63) is 34.6 Å². The molecule has 0 radical (unpaired) electrons.